The molecule has 23 heavy (non-hydrogen) atoms. The zero-order valence-electron chi connectivity index (χ0n) is 12.6. The van der Waals surface area contributed by atoms with E-state index in [1.807, 2.05) is 23.1 Å². The van der Waals surface area contributed by atoms with E-state index in [0.29, 0.717) is 28.4 Å². The number of rotatable bonds is 4. The first-order valence-corrected chi connectivity index (χ1v) is 8.35. The fraction of sp³-hybridized carbons (Fsp3) is 0.375. The molecule has 1 aromatic heterocycles. The van der Waals surface area contributed by atoms with Crippen molar-refractivity contribution in [3.63, 3.8) is 0 Å². The molecule has 122 valence electrons. The van der Waals surface area contributed by atoms with E-state index in [9.17, 15) is 4.79 Å². The van der Waals surface area contributed by atoms with E-state index in [0.717, 1.165) is 31.5 Å². The van der Waals surface area contributed by atoms with Gasteiger partial charge in [0.25, 0.3) is 5.56 Å². The van der Waals surface area contributed by atoms with Crippen LogP contribution in [0.2, 0.25) is 10.0 Å². The zero-order valence-corrected chi connectivity index (χ0v) is 14.1. The van der Waals surface area contributed by atoms with Crippen LogP contribution in [0.25, 0.3) is 0 Å². The molecule has 0 bridgehead atoms. The fourth-order valence-corrected chi connectivity index (χ4v) is 3.14. The van der Waals surface area contributed by atoms with Gasteiger partial charge < -0.3 is 15.2 Å². The van der Waals surface area contributed by atoms with E-state index in [-0.39, 0.29) is 5.56 Å². The minimum absolute atomic E-state index is 0.141. The number of benzene rings is 1. The molecule has 1 atom stereocenters. The predicted octanol–water partition coefficient (Wildman–Crippen LogP) is 2.84. The summed E-state index contributed by atoms with van der Waals surface area (Å²) in [5.74, 6) is 0.494. The summed E-state index contributed by atoms with van der Waals surface area (Å²) in [6.07, 6.45) is 5.26. The topological polar surface area (TPSA) is 61.0 Å². The van der Waals surface area contributed by atoms with Gasteiger partial charge in [0.2, 0.25) is 0 Å². The summed E-state index contributed by atoms with van der Waals surface area (Å²) in [5, 5.41) is 4.65. The first-order valence-electron chi connectivity index (χ1n) is 7.59. The van der Waals surface area contributed by atoms with Crippen molar-refractivity contribution < 1.29 is 0 Å². The summed E-state index contributed by atoms with van der Waals surface area (Å²) in [4.78, 5) is 20.8. The van der Waals surface area contributed by atoms with Gasteiger partial charge in [-0.1, -0.05) is 29.3 Å². The molecule has 3 rings (SSSR count). The molecule has 0 amide bonds. The third kappa shape index (κ3) is 4.05. The maximum absolute atomic E-state index is 11.9. The minimum Gasteiger partial charge on any atom is -0.350 e. The summed E-state index contributed by atoms with van der Waals surface area (Å²) in [5.41, 5.74) is 0.949. The summed E-state index contributed by atoms with van der Waals surface area (Å²) >= 11 is 12.0. The third-order valence-corrected chi connectivity index (χ3v) is 4.73. The van der Waals surface area contributed by atoms with Crippen LogP contribution in [0, 0.1) is 0 Å². The predicted molar refractivity (Wildman–Crippen MR) is 93.4 cm³/mol. The molecule has 2 aromatic rings. The number of nitrogens with zero attached hydrogens (tertiary/aromatic N) is 2. The molecule has 1 aromatic carbocycles. The number of piperidine rings is 1. The molecule has 0 saturated carbocycles. The van der Waals surface area contributed by atoms with Crippen LogP contribution in [0.5, 0.6) is 0 Å². The Labute approximate surface area is 144 Å². The average molecular weight is 353 g/mol. The summed E-state index contributed by atoms with van der Waals surface area (Å²) in [6.45, 7) is 2.33. The Kier molecular flexibility index (Phi) is 5.20. The van der Waals surface area contributed by atoms with Crippen LogP contribution in [0.15, 0.2) is 35.4 Å². The summed E-state index contributed by atoms with van der Waals surface area (Å²) in [7, 11) is 0. The number of H-pyrrole nitrogens is 1. The minimum atomic E-state index is -0.141. The molecule has 0 spiro atoms. The highest BCUT2D eigenvalue weighted by molar-refractivity contribution is 6.42. The number of anilines is 1. The van der Waals surface area contributed by atoms with Gasteiger partial charge in [-0.25, -0.2) is 4.98 Å². The van der Waals surface area contributed by atoms with Crippen LogP contribution >= 0.6 is 23.2 Å². The lowest BCUT2D eigenvalue weighted by Crippen LogP contribution is -2.47. The van der Waals surface area contributed by atoms with Gasteiger partial charge >= 0.3 is 0 Å². The lowest BCUT2D eigenvalue weighted by Gasteiger charge is -2.33. The monoisotopic (exact) mass is 352 g/mol. The van der Waals surface area contributed by atoms with Gasteiger partial charge in [0.05, 0.1) is 10.0 Å². The van der Waals surface area contributed by atoms with E-state index < -0.39 is 0 Å². The van der Waals surface area contributed by atoms with Crippen molar-refractivity contribution >= 4 is 29.0 Å². The van der Waals surface area contributed by atoms with Crippen molar-refractivity contribution in [1.29, 1.82) is 0 Å². The van der Waals surface area contributed by atoms with Crippen LogP contribution in [-0.4, -0.2) is 29.1 Å². The third-order valence-electron chi connectivity index (χ3n) is 3.99. The average Bonchev–Trinajstić information content (AvgIpc) is 2.57. The molecule has 1 fully saturated rings. The Balaban J connectivity index is 1.62. The zero-order chi connectivity index (χ0) is 16.2. The Morgan fingerprint density at radius 3 is 3.00 bits per heavy atom. The number of hydrogen-bond acceptors (Lipinski definition) is 4. The smallest absolute Gasteiger partial charge is 0.290 e. The second-order valence-electron chi connectivity index (χ2n) is 5.66. The second-order valence-corrected chi connectivity index (χ2v) is 6.47. The molecule has 7 heteroatoms. The highest BCUT2D eigenvalue weighted by atomic mass is 35.5. The van der Waals surface area contributed by atoms with Crippen LogP contribution < -0.4 is 15.8 Å². The number of hydrogen-bond donors (Lipinski definition) is 2. The molecule has 0 radical (unpaired) electrons. The van der Waals surface area contributed by atoms with Crippen molar-refractivity contribution in [2.45, 2.75) is 25.4 Å². The molecule has 0 unspecified atom stereocenters. The van der Waals surface area contributed by atoms with E-state index in [2.05, 4.69) is 15.3 Å². The standard InChI is InChI=1S/C16H18Cl2N4O/c17-13-4-3-11(8-14(13)18)9-21-12-2-1-7-22(10-12)15-16(23)20-6-5-19-15/h3-6,8,12,21H,1-2,7,9-10H2,(H,20,23)/t12-/m1/s1. The molecule has 1 aliphatic heterocycles. The van der Waals surface area contributed by atoms with Gasteiger partial charge in [-0.2, -0.15) is 0 Å². The maximum atomic E-state index is 11.9. The van der Waals surface area contributed by atoms with Crippen LogP contribution in [0.3, 0.4) is 0 Å². The van der Waals surface area contributed by atoms with E-state index in [1.165, 1.54) is 0 Å². The van der Waals surface area contributed by atoms with E-state index in [4.69, 9.17) is 23.2 Å². The molecule has 1 aliphatic rings. The van der Waals surface area contributed by atoms with Crippen molar-refractivity contribution in [2.75, 3.05) is 18.0 Å². The fourth-order valence-electron chi connectivity index (χ4n) is 2.82. The summed E-state index contributed by atoms with van der Waals surface area (Å²) in [6, 6.07) is 5.95. The Morgan fingerprint density at radius 2 is 2.22 bits per heavy atom. The molecular weight excluding hydrogens is 335 g/mol. The molecule has 2 heterocycles. The van der Waals surface area contributed by atoms with Crippen LogP contribution in [0.1, 0.15) is 18.4 Å². The maximum Gasteiger partial charge on any atom is 0.290 e. The molecule has 1 saturated heterocycles. The van der Waals surface area contributed by atoms with Crippen LogP contribution in [-0.2, 0) is 6.54 Å². The number of halogens is 2. The Hall–Kier alpha value is -1.56. The highest BCUT2D eigenvalue weighted by Gasteiger charge is 2.22. The van der Waals surface area contributed by atoms with Gasteiger partial charge in [-0.15, -0.1) is 0 Å². The molecule has 0 aliphatic carbocycles. The number of aromatic nitrogens is 2. The molecule has 2 N–H and O–H groups in total. The number of aromatic amines is 1. The van der Waals surface area contributed by atoms with Gasteiger partial charge in [0.15, 0.2) is 5.82 Å². The van der Waals surface area contributed by atoms with Crippen molar-refractivity contribution in [3.8, 4) is 0 Å². The summed E-state index contributed by atoms with van der Waals surface area (Å²) < 4.78 is 0. The SMILES string of the molecule is O=c1[nH]ccnc1N1CCC[C@@H](NCc2ccc(Cl)c(Cl)c2)C1. The molecule has 5 nitrogen and oxygen atoms in total. The van der Waals surface area contributed by atoms with Crippen molar-refractivity contribution in [1.82, 2.24) is 15.3 Å². The Bertz CT molecular complexity index is 734. The van der Waals surface area contributed by atoms with Gasteiger partial charge in [-0.3, -0.25) is 4.79 Å². The van der Waals surface area contributed by atoms with E-state index in [1.54, 1.807) is 12.4 Å². The Morgan fingerprint density at radius 1 is 1.35 bits per heavy atom. The van der Waals surface area contributed by atoms with Gasteiger partial charge in [0, 0.05) is 38.1 Å². The van der Waals surface area contributed by atoms with Gasteiger partial charge in [-0.05, 0) is 30.5 Å². The van der Waals surface area contributed by atoms with E-state index >= 15 is 0 Å². The van der Waals surface area contributed by atoms with Crippen molar-refractivity contribution in [2.24, 2.45) is 0 Å². The first kappa shape index (κ1) is 16.3. The van der Waals surface area contributed by atoms with Crippen LogP contribution in [0.4, 0.5) is 5.82 Å². The second kappa shape index (κ2) is 7.34. The highest BCUT2D eigenvalue weighted by Crippen LogP contribution is 2.23. The lowest BCUT2D eigenvalue weighted by molar-refractivity contribution is 0.419. The largest absolute Gasteiger partial charge is 0.350 e. The first-order chi connectivity index (χ1) is 11.1. The quantitative estimate of drug-likeness (QED) is 0.888. The van der Waals surface area contributed by atoms with Gasteiger partial charge in [0.1, 0.15) is 0 Å². The normalized spacial score (nSPS) is 18.2. The van der Waals surface area contributed by atoms with Crippen molar-refractivity contribution in [3.05, 3.63) is 56.6 Å². The lowest BCUT2D eigenvalue weighted by atomic mass is 10.1. The molecular formula is C16H18Cl2N4O. The number of nitrogens with one attached hydrogen (secondary N) is 2.